The Kier molecular flexibility index (Phi) is 6.07. The Hall–Kier alpha value is -1.69. The molecule has 0 aliphatic heterocycles. The molecule has 18 heavy (non-hydrogen) atoms. The first-order valence-electron chi connectivity index (χ1n) is 5.50. The average Bonchev–Trinajstić information content (AvgIpc) is 2.42. The molecule has 5 nitrogen and oxygen atoms in total. The highest BCUT2D eigenvalue weighted by Crippen LogP contribution is 2.04. The van der Waals surface area contributed by atoms with Gasteiger partial charge in [0.15, 0.2) is 5.84 Å². The fourth-order valence-corrected chi connectivity index (χ4v) is 1.72. The topological polar surface area (TPSA) is 87.7 Å². The molecule has 1 rings (SSSR count). The van der Waals surface area contributed by atoms with Crippen molar-refractivity contribution in [2.75, 3.05) is 12.0 Å². The largest absolute Gasteiger partial charge is 0.409 e. The van der Waals surface area contributed by atoms with Crippen LogP contribution in [0.1, 0.15) is 17.5 Å². The van der Waals surface area contributed by atoms with Gasteiger partial charge in [0, 0.05) is 24.3 Å². The van der Waals surface area contributed by atoms with Crippen molar-refractivity contribution in [3.63, 3.8) is 0 Å². The van der Waals surface area contributed by atoms with Crippen molar-refractivity contribution in [3.05, 3.63) is 35.4 Å². The molecule has 98 valence electrons. The van der Waals surface area contributed by atoms with Crippen molar-refractivity contribution in [3.8, 4) is 0 Å². The molecular weight excluding hydrogens is 250 g/mol. The first-order chi connectivity index (χ1) is 8.67. The Morgan fingerprint density at radius 3 is 2.67 bits per heavy atom. The standard InChI is InChI=1S/C12H17N3O2S/c1-18-7-6-11(16)14-8-9-2-4-10(5-3-9)12(13)15-17/h2-5,17H,6-8H2,1H3,(H2,13,15)(H,14,16). The van der Waals surface area contributed by atoms with Crippen molar-refractivity contribution < 1.29 is 10.0 Å². The maximum atomic E-state index is 11.4. The van der Waals surface area contributed by atoms with Crippen LogP contribution in [0.3, 0.4) is 0 Å². The molecule has 1 aromatic carbocycles. The molecule has 6 heteroatoms. The molecule has 0 saturated carbocycles. The Balaban J connectivity index is 2.47. The molecule has 1 aromatic rings. The summed E-state index contributed by atoms with van der Waals surface area (Å²) < 4.78 is 0. The molecule has 0 saturated heterocycles. The number of thioether (sulfide) groups is 1. The van der Waals surface area contributed by atoms with Gasteiger partial charge in [-0.25, -0.2) is 0 Å². The second kappa shape index (κ2) is 7.60. The fraction of sp³-hybridized carbons (Fsp3) is 0.333. The van der Waals surface area contributed by atoms with Crippen LogP contribution in [0.4, 0.5) is 0 Å². The highest BCUT2D eigenvalue weighted by molar-refractivity contribution is 7.98. The maximum absolute atomic E-state index is 11.4. The molecule has 0 aliphatic rings. The molecule has 0 atom stereocenters. The summed E-state index contributed by atoms with van der Waals surface area (Å²) >= 11 is 1.65. The molecule has 0 spiro atoms. The third-order valence-corrected chi connectivity index (χ3v) is 2.99. The van der Waals surface area contributed by atoms with E-state index in [9.17, 15) is 4.79 Å². The quantitative estimate of drug-likeness (QED) is 0.312. The third-order valence-electron chi connectivity index (χ3n) is 2.38. The number of benzene rings is 1. The Labute approximate surface area is 110 Å². The lowest BCUT2D eigenvalue weighted by Gasteiger charge is -2.05. The summed E-state index contributed by atoms with van der Waals surface area (Å²) in [4.78, 5) is 11.4. The van der Waals surface area contributed by atoms with E-state index in [1.54, 1.807) is 23.9 Å². The van der Waals surface area contributed by atoms with Crippen LogP contribution >= 0.6 is 11.8 Å². The number of oxime groups is 1. The van der Waals surface area contributed by atoms with Gasteiger partial charge < -0.3 is 16.3 Å². The summed E-state index contributed by atoms with van der Waals surface area (Å²) in [5.74, 6) is 0.948. The van der Waals surface area contributed by atoms with Gasteiger partial charge in [-0.05, 0) is 11.8 Å². The van der Waals surface area contributed by atoms with Gasteiger partial charge in [-0.2, -0.15) is 11.8 Å². The molecular formula is C12H17N3O2S. The number of carbonyl (C=O) groups excluding carboxylic acids is 1. The normalized spacial score (nSPS) is 11.3. The molecule has 0 aliphatic carbocycles. The van der Waals surface area contributed by atoms with Crippen LogP contribution in [-0.2, 0) is 11.3 Å². The van der Waals surface area contributed by atoms with Crippen molar-refractivity contribution in [2.45, 2.75) is 13.0 Å². The van der Waals surface area contributed by atoms with Gasteiger partial charge in [0.05, 0.1) is 0 Å². The third kappa shape index (κ3) is 4.67. The molecule has 0 heterocycles. The number of amides is 1. The average molecular weight is 267 g/mol. The first kappa shape index (κ1) is 14.4. The number of amidine groups is 1. The van der Waals surface area contributed by atoms with Crippen molar-refractivity contribution in [1.82, 2.24) is 5.32 Å². The smallest absolute Gasteiger partial charge is 0.221 e. The Morgan fingerprint density at radius 2 is 2.11 bits per heavy atom. The molecule has 0 aromatic heterocycles. The Morgan fingerprint density at radius 1 is 1.44 bits per heavy atom. The van der Waals surface area contributed by atoms with Gasteiger partial charge in [-0.1, -0.05) is 29.4 Å². The summed E-state index contributed by atoms with van der Waals surface area (Å²) in [6, 6.07) is 7.17. The minimum absolute atomic E-state index is 0.0462. The van der Waals surface area contributed by atoms with Crippen LogP contribution < -0.4 is 11.1 Å². The zero-order valence-electron chi connectivity index (χ0n) is 10.2. The number of nitrogens with two attached hydrogens (primary N) is 1. The zero-order chi connectivity index (χ0) is 13.4. The van der Waals surface area contributed by atoms with Gasteiger partial charge in [0.25, 0.3) is 0 Å². The van der Waals surface area contributed by atoms with Crippen LogP contribution in [0.5, 0.6) is 0 Å². The lowest BCUT2D eigenvalue weighted by atomic mass is 10.1. The van der Waals surface area contributed by atoms with E-state index in [1.807, 2.05) is 18.4 Å². The predicted molar refractivity (Wildman–Crippen MR) is 73.8 cm³/mol. The van der Waals surface area contributed by atoms with Crippen LogP contribution in [0.15, 0.2) is 29.4 Å². The second-order valence-corrected chi connectivity index (χ2v) is 4.69. The highest BCUT2D eigenvalue weighted by atomic mass is 32.2. The number of rotatable bonds is 6. The minimum atomic E-state index is 0.0462. The van der Waals surface area contributed by atoms with E-state index in [0.717, 1.165) is 11.3 Å². The van der Waals surface area contributed by atoms with Crippen LogP contribution in [0, 0.1) is 0 Å². The summed E-state index contributed by atoms with van der Waals surface area (Å²) in [6.07, 6.45) is 2.50. The SMILES string of the molecule is CSCCC(=O)NCc1ccc(C(N)=NO)cc1. The van der Waals surface area contributed by atoms with E-state index < -0.39 is 0 Å². The molecule has 1 amide bonds. The molecule has 0 fully saturated rings. The van der Waals surface area contributed by atoms with Gasteiger partial charge in [0.2, 0.25) is 5.91 Å². The summed E-state index contributed by atoms with van der Waals surface area (Å²) in [5, 5.41) is 14.3. The number of nitrogens with zero attached hydrogens (tertiary/aromatic N) is 1. The predicted octanol–water partition coefficient (Wildman–Crippen LogP) is 1.15. The molecule has 4 N–H and O–H groups in total. The maximum Gasteiger partial charge on any atom is 0.221 e. The zero-order valence-corrected chi connectivity index (χ0v) is 11.0. The lowest BCUT2D eigenvalue weighted by molar-refractivity contribution is -0.120. The van der Waals surface area contributed by atoms with Crippen LogP contribution in [0.25, 0.3) is 0 Å². The van der Waals surface area contributed by atoms with Crippen LogP contribution in [0.2, 0.25) is 0 Å². The van der Waals surface area contributed by atoms with E-state index in [4.69, 9.17) is 10.9 Å². The Bertz CT molecular complexity index is 418. The number of nitrogens with one attached hydrogen (secondary N) is 1. The fourth-order valence-electron chi connectivity index (χ4n) is 1.33. The van der Waals surface area contributed by atoms with Crippen LogP contribution in [-0.4, -0.2) is 29.0 Å². The van der Waals surface area contributed by atoms with Gasteiger partial charge in [-0.3, -0.25) is 4.79 Å². The number of hydrogen-bond donors (Lipinski definition) is 3. The highest BCUT2D eigenvalue weighted by Gasteiger charge is 2.02. The number of carbonyl (C=O) groups is 1. The first-order valence-corrected chi connectivity index (χ1v) is 6.89. The second-order valence-electron chi connectivity index (χ2n) is 3.70. The summed E-state index contributed by atoms with van der Waals surface area (Å²) in [6.45, 7) is 0.490. The van der Waals surface area contributed by atoms with E-state index in [2.05, 4.69) is 10.5 Å². The lowest BCUT2D eigenvalue weighted by Crippen LogP contribution is -2.23. The molecule has 0 unspecified atom stereocenters. The van der Waals surface area contributed by atoms with Gasteiger partial charge in [-0.15, -0.1) is 0 Å². The van der Waals surface area contributed by atoms with Gasteiger partial charge >= 0.3 is 0 Å². The molecule has 0 radical (unpaired) electrons. The monoisotopic (exact) mass is 267 g/mol. The number of hydrogen-bond acceptors (Lipinski definition) is 4. The van der Waals surface area contributed by atoms with Crippen molar-refractivity contribution in [1.29, 1.82) is 0 Å². The molecule has 0 bridgehead atoms. The van der Waals surface area contributed by atoms with Gasteiger partial charge in [0.1, 0.15) is 0 Å². The summed E-state index contributed by atoms with van der Waals surface area (Å²) in [5.41, 5.74) is 7.07. The van der Waals surface area contributed by atoms with E-state index >= 15 is 0 Å². The van der Waals surface area contributed by atoms with E-state index in [1.165, 1.54) is 0 Å². The summed E-state index contributed by atoms with van der Waals surface area (Å²) in [7, 11) is 0. The van der Waals surface area contributed by atoms with Crippen molar-refractivity contribution in [2.24, 2.45) is 10.9 Å². The van der Waals surface area contributed by atoms with Crippen molar-refractivity contribution >= 4 is 23.5 Å². The van der Waals surface area contributed by atoms with E-state index in [0.29, 0.717) is 18.5 Å². The van der Waals surface area contributed by atoms with E-state index in [-0.39, 0.29) is 11.7 Å². The minimum Gasteiger partial charge on any atom is -0.409 e.